The number of unbranched alkanes of at least 4 members (excludes halogenated alkanes) is 1. The van der Waals surface area contributed by atoms with E-state index in [4.69, 9.17) is 9.47 Å². The first-order valence-electron chi connectivity index (χ1n) is 8.86. The zero-order valence-electron chi connectivity index (χ0n) is 14.6. The summed E-state index contributed by atoms with van der Waals surface area (Å²) in [5, 5.41) is 0. The molecule has 0 N–H and O–H groups in total. The predicted octanol–water partition coefficient (Wildman–Crippen LogP) is 3.02. The highest BCUT2D eigenvalue weighted by Gasteiger charge is 2.33. The molecule has 0 aliphatic carbocycles. The number of hydrogen-bond donors (Lipinski definition) is 0. The number of nitrogens with zero attached hydrogens (tertiary/aromatic N) is 2. The minimum atomic E-state index is -0.236. The summed E-state index contributed by atoms with van der Waals surface area (Å²) in [5.74, 6) is 0.822. The van der Waals surface area contributed by atoms with Crippen LogP contribution in [0.5, 0.6) is 5.75 Å². The van der Waals surface area contributed by atoms with Crippen molar-refractivity contribution in [2.24, 2.45) is 0 Å². The van der Waals surface area contributed by atoms with Gasteiger partial charge in [0, 0.05) is 11.6 Å². The van der Waals surface area contributed by atoms with Crippen LogP contribution in [0.1, 0.15) is 25.3 Å². The lowest BCUT2D eigenvalue weighted by molar-refractivity contribution is -0.688. The maximum atomic E-state index is 11.8. The number of rotatable bonds is 7. The Morgan fingerprint density at radius 2 is 2.00 bits per heavy atom. The van der Waals surface area contributed by atoms with Crippen LogP contribution < -0.4 is 9.30 Å². The number of aromatic nitrogens is 1. The van der Waals surface area contributed by atoms with Gasteiger partial charge in [0.1, 0.15) is 6.10 Å². The average Bonchev–Trinajstić information content (AvgIpc) is 2.59. The van der Waals surface area contributed by atoms with Gasteiger partial charge < -0.3 is 14.4 Å². The lowest BCUT2D eigenvalue weighted by Crippen LogP contribution is -2.56. The Morgan fingerprint density at radius 3 is 2.76 bits per heavy atom. The molecule has 0 saturated carbocycles. The molecule has 0 atom stereocenters. The Labute approximate surface area is 148 Å². The van der Waals surface area contributed by atoms with E-state index in [2.05, 4.69) is 23.6 Å². The molecule has 2 aromatic rings. The third-order valence-corrected chi connectivity index (χ3v) is 4.17. The highest BCUT2D eigenvalue weighted by molar-refractivity contribution is 5.68. The van der Waals surface area contributed by atoms with Gasteiger partial charge in [-0.2, -0.15) is 4.57 Å². The average molecular weight is 341 g/mol. The van der Waals surface area contributed by atoms with Crippen LogP contribution in [0.15, 0.2) is 54.9 Å². The van der Waals surface area contributed by atoms with Crippen LogP contribution in [0.3, 0.4) is 0 Å². The molecule has 1 saturated heterocycles. The van der Waals surface area contributed by atoms with E-state index in [0.717, 1.165) is 25.1 Å². The minimum absolute atomic E-state index is 0.0336. The van der Waals surface area contributed by atoms with Crippen molar-refractivity contribution < 1.29 is 18.8 Å². The van der Waals surface area contributed by atoms with Gasteiger partial charge in [-0.25, -0.2) is 4.79 Å². The van der Waals surface area contributed by atoms with Crippen LogP contribution in [0, 0.1) is 0 Å². The molecule has 0 radical (unpaired) electrons. The standard InChI is InChI=1S/C20H25N2O3/c1-2-3-12-24-20(23)22-15-19(16-22)25-18-10-7-11-21(14-18)13-17-8-5-4-6-9-17/h4-11,14,19H,2-3,12-13,15-16H2,1H3/q+1. The van der Waals surface area contributed by atoms with Crippen LogP contribution in [-0.2, 0) is 11.3 Å². The maximum Gasteiger partial charge on any atom is 0.410 e. The van der Waals surface area contributed by atoms with Crippen LogP contribution in [0.2, 0.25) is 0 Å². The molecule has 1 amide bonds. The molecule has 2 heterocycles. The molecule has 0 bridgehead atoms. The Kier molecular flexibility index (Phi) is 5.88. The van der Waals surface area contributed by atoms with E-state index in [1.807, 2.05) is 42.7 Å². The van der Waals surface area contributed by atoms with Crippen molar-refractivity contribution >= 4 is 6.09 Å². The Balaban J connectivity index is 1.47. The SMILES string of the molecule is CCCCOC(=O)N1CC(Oc2ccc[n+](Cc3ccccc3)c2)C1. The molecule has 1 aliphatic heterocycles. The smallest absolute Gasteiger partial charge is 0.410 e. The molecule has 0 spiro atoms. The van der Waals surface area contributed by atoms with E-state index in [9.17, 15) is 4.79 Å². The molecular weight excluding hydrogens is 316 g/mol. The zero-order chi connectivity index (χ0) is 17.5. The van der Waals surface area contributed by atoms with Gasteiger partial charge in [0.2, 0.25) is 6.20 Å². The number of amides is 1. The highest BCUT2D eigenvalue weighted by Crippen LogP contribution is 2.17. The molecule has 5 nitrogen and oxygen atoms in total. The number of ether oxygens (including phenoxy) is 2. The summed E-state index contributed by atoms with van der Waals surface area (Å²) in [6, 6.07) is 14.2. The van der Waals surface area contributed by atoms with Crippen molar-refractivity contribution in [1.82, 2.24) is 4.90 Å². The Hall–Kier alpha value is -2.56. The monoisotopic (exact) mass is 341 g/mol. The zero-order valence-corrected chi connectivity index (χ0v) is 14.6. The Bertz CT molecular complexity index is 684. The van der Waals surface area contributed by atoms with E-state index < -0.39 is 0 Å². The molecule has 0 unspecified atom stereocenters. The van der Waals surface area contributed by atoms with Crippen molar-refractivity contribution in [3.63, 3.8) is 0 Å². The summed E-state index contributed by atoms with van der Waals surface area (Å²) in [5.41, 5.74) is 1.24. The van der Waals surface area contributed by atoms with Gasteiger partial charge in [0.25, 0.3) is 0 Å². The van der Waals surface area contributed by atoms with Crippen molar-refractivity contribution in [2.45, 2.75) is 32.4 Å². The largest absolute Gasteiger partial charge is 0.480 e. The fourth-order valence-electron chi connectivity index (χ4n) is 2.71. The number of carbonyl (C=O) groups excluding carboxylic acids is 1. The van der Waals surface area contributed by atoms with Crippen molar-refractivity contribution in [1.29, 1.82) is 0 Å². The number of carbonyl (C=O) groups is 1. The van der Waals surface area contributed by atoms with Crippen molar-refractivity contribution in [2.75, 3.05) is 19.7 Å². The first-order chi connectivity index (χ1) is 12.2. The molecule has 1 aromatic heterocycles. The van der Waals surface area contributed by atoms with E-state index in [-0.39, 0.29) is 12.2 Å². The summed E-state index contributed by atoms with van der Waals surface area (Å²) in [6.45, 7) is 4.54. The molecule has 1 aliphatic rings. The first-order valence-corrected chi connectivity index (χ1v) is 8.86. The number of likely N-dealkylation sites (tertiary alicyclic amines) is 1. The molecule has 5 heteroatoms. The third kappa shape index (κ3) is 4.95. The minimum Gasteiger partial charge on any atom is -0.480 e. The fraction of sp³-hybridized carbons (Fsp3) is 0.400. The second-order valence-corrected chi connectivity index (χ2v) is 6.31. The first kappa shape index (κ1) is 17.3. The molecular formula is C20H25N2O3+. The summed E-state index contributed by atoms with van der Waals surface area (Å²) >= 11 is 0. The maximum absolute atomic E-state index is 11.8. The lowest BCUT2D eigenvalue weighted by atomic mass is 10.2. The number of hydrogen-bond acceptors (Lipinski definition) is 3. The lowest BCUT2D eigenvalue weighted by Gasteiger charge is -2.37. The van der Waals surface area contributed by atoms with Gasteiger partial charge in [-0.1, -0.05) is 43.7 Å². The molecule has 1 fully saturated rings. The predicted molar refractivity (Wildman–Crippen MR) is 94.4 cm³/mol. The number of pyridine rings is 1. The van der Waals surface area contributed by atoms with Crippen LogP contribution in [0.25, 0.3) is 0 Å². The summed E-state index contributed by atoms with van der Waals surface area (Å²) in [7, 11) is 0. The normalized spacial score (nSPS) is 14.0. The van der Waals surface area contributed by atoms with Crippen LogP contribution in [0.4, 0.5) is 4.79 Å². The van der Waals surface area contributed by atoms with Gasteiger partial charge in [0.15, 0.2) is 18.5 Å². The van der Waals surface area contributed by atoms with E-state index in [0.29, 0.717) is 19.7 Å². The van der Waals surface area contributed by atoms with E-state index >= 15 is 0 Å². The van der Waals surface area contributed by atoms with E-state index in [1.165, 1.54) is 5.56 Å². The summed E-state index contributed by atoms with van der Waals surface area (Å²) < 4.78 is 13.3. The van der Waals surface area contributed by atoms with Gasteiger partial charge in [-0.05, 0) is 12.5 Å². The molecule has 25 heavy (non-hydrogen) atoms. The fourth-order valence-corrected chi connectivity index (χ4v) is 2.71. The van der Waals surface area contributed by atoms with Crippen molar-refractivity contribution in [3.05, 3.63) is 60.4 Å². The number of benzene rings is 1. The summed E-state index contributed by atoms with van der Waals surface area (Å²) in [4.78, 5) is 13.5. The molecule has 1 aromatic carbocycles. The van der Waals surface area contributed by atoms with Gasteiger partial charge >= 0.3 is 6.09 Å². The van der Waals surface area contributed by atoms with E-state index in [1.54, 1.807) is 4.90 Å². The second-order valence-electron chi connectivity index (χ2n) is 6.31. The molecule has 3 rings (SSSR count). The third-order valence-electron chi connectivity index (χ3n) is 4.17. The van der Waals surface area contributed by atoms with Gasteiger partial charge in [-0.3, -0.25) is 0 Å². The van der Waals surface area contributed by atoms with Crippen LogP contribution >= 0.6 is 0 Å². The second kappa shape index (κ2) is 8.51. The quantitative estimate of drug-likeness (QED) is 0.574. The summed E-state index contributed by atoms with van der Waals surface area (Å²) in [6.07, 6.45) is 5.75. The Morgan fingerprint density at radius 1 is 1.20 bits per heavy atom. The topological polar surface area (TPSA) is 42.6 Å². The molecule has 132 valence electrons. The van der Waals surface area contributed by atoms with Gasteiger partial charge in [-0.15, -0.1) is 0 Å². The van der Waals surface area contributed by atoms with Gasteiger partial charge in [0.05, 0.1) is 19.7 Å². The van der Waals surface area contributed by atoms with Crippen molar-refractivity contribution in [3.8, 4) is 5.75 Å². The highest BCUT2D eigenvalue weighted by atomic mass is 16.6. The van der Waals surface area contributed by atoms with Crippen LogP contribution in [-0.4, -0.2) is 36.8 Å².